The maximum Gasteiger partial charge on any atom is 0.313 e. The Labute approximate surface area is 143 Å². The highest BCUT2D eigenvalue weighted by Gasteiger charge is 2.35. The number of carbonyl (C=O) groups is 2. The fourth-order valence-electron chi connectivity index (χ4n) is 2.44. The van der Waals surface area contributed by atoms with Gasteiger partial charge < -0.3 is 10.2 Å². The van der Waals surface area contributed by atoms with E-state index in [4.69, 9.17) is 0 Å². The fraction of sp³-hybridized carbons (Fsp3) is 0.429. The van der Waals surface area contributed by atoms with E-state index in [1.807, 2.05) is 12.1 Å². The molecule has 2 rings (SSSR count). The quantitative estimate of drug-likeness (QED) is 0.572. The van der Waals surface area contributed by atoms with Gasteiger partial charge in [0.2, 0.25) is 0 Å². The molecule has 0 bridgehead atoms. The summed E-state index contributed by atoms with van der Waals surface area (Å²) in [4.78, 5) is 25.7. The molecule has 6 nitrogen and oxygen atoms in total. The highest BCUT2D eigenvalue weighted by Crippen LogP contribution is 2.18. The molecule has 0 radical (unpaired) electrons. The Hall–Kier alpha value is -1.16. The molecule has 0 spiro atoms. The molecule has 1 N–H and O–H groups in total. The number of rotatable bonds is 3. The molecule has 1 atom stereocenters. The van der Waals surface area contributed by atoms with Crippen molar-refractivity contribution in [2.45, 2.75) is 19.4 Å². The minimum Gasteiger partial charge on any atom is -0.331 e. The third-order valence-corrected chi connectivity index (χ3v) is 6.02. The molecule has 8 heteroatoms. The SMILES string of the molecule is CCN(C(=O)C(=O)Nc1ccc(I)cc1)C1CCS(=O)(=O)C1. The number of likely N-dealkylation sites (N-methyl/N-ethyl adjacent to an activating group) is 1. The first-order valence-corrected chi connectivity index (χ1v) is 9.80. The van der Waals surface area contributed by atoms with Crippen LogP contribution in [0.5, 0.6) is 0 Å². The van der Waals surface area contributed by atoms with Gasteiger partial charge in [-0.05, 0) is 60.2 Å². The predicted octanol–water partition coefficient (Wildman–Crippen LogP) is 1.27. The molecule has 1 aromatic rings. The van der Waals surface area contributed by atoms with Crippen LogP contribution in [0.15, 0.2) is 24.3 Å². The van der Waals surface area contributed by atoms with Gasteiger partial charge in [-0.2, -0.15) is 0 Å². The second kappa shape index (κ2) is 6.95. The third kappa shape index (κ3) is 4.19. The monoisotopic (exact) mass is 436 g/mol. The molecule has 1 heterocycles. The summed E-state index contributed by atoms with van der Waals surface area (Å²) >= 11 is 2.14. The first kappa shape index (κ1) is 17.2. The van der Waals surface area contributed by atoms with Crippen molar-refractivity contribution in [1.82, 2.24) is 4.90 Å². The number of carbonyl (C=O) groups excluding carboxylic acids is 2. The number of sulfone groups is 1. The molecule has 0 aliphatic carbocycles. The number of amides is 2. The van der Waals surface area contributed by atoms with Crippen LogP contribution in [-0.2, 0) is 19.4 Å². The first-order chi connectivity index (χ1) is 10.3. The highest BCUT2D eigenvalue weighted by atomic mass is 127. The maximum atomic E-state index is 12.3. The van der Waals surface area contributed by atoms with Gasteiger partial charge in [-0.1, -0.05) is 0 Å². The van der Waals surface area contributed by atoms with Crippen molar-refractivity contribution in [1.29, 1.82) is 0 Å². The van der Waals surface area contributed by atoms with Crippen LogP contribution in [-0.4, -0.2) is 49.2 Å². The Bertz CT molecular complexity index is 673. The molecular formula is C14H17IN2O4S. The molecule has 1 fully saturated rings. The number of nitrogens with one attached hydrogen (secondary N) is 1. The van der Waals surface area contributed by atoms with E-state index in [2.05, 4.69) is 27.9 Å². The van der Waals surface area contributed by atoms with E-state index in [-0.39, 0.29) is 11.5 Å². The van der Waals surface area contributed by atoms with Gasteiger partial charge in [0.1, 0.15) is 0 Å². The number of anilines is 1. The van der Waals surface area contributed by atoms with Gasteiger partial charge in [-0.25, -0.2) is 8.42 Å². The molecule has 0 saturated carbocycles. The molecular weight excluding hydrogens is 419 g/mol. The smallest absolute Gasteiger partial charge is 0.313 e. The van der Waals surface area contributed by atoms with Crippen LogP contribution >= 0.6 is 22.6 Å². The van der Waals surface area contributed by atoms with E-state index in [9.17, 15) is 18.0 Å². The highest BCUT2D eigenvalue weighted by molar-refractivity contribution is 14.1. The average Bonchev–Trinajstić information content (AvgIpc) is 2.82. The third-order valence-electron chi connectivity index (χ3n) is 3.55. The first-order valence-electron chi connectivity index (χ1n) is 6.90. The fourth-order valence-corrected chi connectivity index (χ4v) is 4.53. The second-order valence-electron chi connectivity index (χ2n) is 5.11. The minimum atomic E-state index is -3.10. The van der Waals surface area contributed by atoms with Crippen molar-refractivity contribution in [3.63, 3.8) is 0 Å². The van der Waals surface area contributed by atoms with Gasteiger partial charge in [0.05, 0.1) is 11.5 Å². The van der Waals surface area contributed by atoms with Gasteiger partial charge in [0.15, 0.2) is 9.84 Å². The largest absolute Gasteiger partial charge is 0.331 e. The van der Waals surface area contributed by atoms with Gasteiger partial charge in [0, 0.05) is 21.8 Å². The summed E-state index contributed by atoms with van der Waals surface area (Å²) in [6.45, 7) is 2.04. The lowest BCUT2D eigenvalue weighted by Crippen LogP contribution is -2.46. The molecule has 1 unspecified atom stereocenters. The number of benzene rings is 1. The van der Waals surface area contributed by atoms with E-state index < -0.39 is 27.7 Å². The summed E-state index contributed by atoms with van der Waals surface area (Å²) in [7, 11) is -3.10. The zero-order valence-electron chi connectivity index (χ0n) is 12.1. The Kier molecular flexibility index (Phi) is 5.43. The summed E-state index contributed by atoms with van der Waals surface area (Å²) in [5.74, 6) is -1.43. The van der Waals surface area contributed by atoms with Gasteiger partial charge in [-0.15, -0.1) is 0 Å². The number of hydrogen-bond acceptors (Lipinski definition) is 4. The molecule has 1 saturated heterocycles. The molecule has 1 aromatic carbocycles. The molecule has 1 aliphatic rings. The summed E-state index contributed by atoms with van der Waals surface area (Å²) in [5.41, 5.74) is 0.536. The van der Waals surface area contributed by atoms with Gasteiger partial charge in [-0.3, -0.25) is 9.59 Å². The van der Waals surface area contributed by atoms with Crippen LogP contribution in [0.25, 0.3) is 0 Å². The van der Waals surface area contributed by atoms with E-state index in [1.54, 1.807) is 19.1 Å². The summed E-state index contributed by atoms with van der Waals surface area (Å²) in [5, 5.41) is 2.54. The zero-order chi connectivity index (χ0) is 16.3. The molecule has 1 aliphatic heterocycles. The van der Waals surface area contributed by atoms with Gasteiger partial charge in [0.25, 0.3) is 0 Å². The van der Waals surface area contributed by atoms with Crippen LogP contribution in [0.4, 0.5) is 5.69 Å². The Morgan fingerprint density at radius 3 is 2.45 bits per heavy atom. The summed E-state index contributed by atoms with van der Waals surface area (Å²) in [6.07, 6.45) is 0.388. The normalized spacial score (nSPS) is 19.6. The molecule has 0 aromatic heterocycles. The topological polar surface area (TPSA) is 83.6 Å². The predicted molar refractivity (Wildman–Crippen MR) is 92.2 cm³/mol. The lowest BCUT2D eigenvalue weighted by molar-refractivity contribution is -0.144. The van der Waals surface area contributed by atoms with Crippen LogP contribution in [0.2, 0.25) is 0 Å². The number of hydrogen-bond donors (Lipinski definition) is 1. The molecule has 120 valence electrons. The van der Waals surface area contributed by atoms with Crippen LogP contribution in [0, 0.1) is 3.57 Å². The van der Waals surface area contributed by atoms with Crippen molar-refractivity contribution in [3.8, 4) is 0 Å². The summed E-state index contributed by atoms with van der Waals surface area (Å²) in [6, 6.07) is 6.65. The summed E-state index contributed by atoms with van der Waals surface area (Å²) < 4.78 is 24.1. The van der Waals surface area contributed by atoms with E-state index in [0.29, 0.717) is 18.7 Å². The Morgan fingerprint density at radius 1 is 1.32 bits per heavy atom. The molecule has 22 heavy (non-hydrogen) atoms. The van der Waals surface area contributed by atoms with E-state index in [0.717, 1.165) is 3.57 Å². The average molecular weight is 436 g/mol. The lowest BCUT2D eigenvalue weighted by Gasteiger charge is -2.26. The Morgan fingerprint density at radius 2 is 1.95 bits per heavy atom. The van der Waals surface area contributed by atoms with Crippen molar-refractivity contribution in [2.24, 2.45) is 0 Å². The number of halogens is 1. The van der Waals surface area contributed by atoms with Crippen LogP contribution in [0.3, 0.4) is 0 Å². The van der Waals surface area contributed by atoms with Crippen molar-refractivity contribution in [2.75, 3.05) is 23.4 Å². The maximum absolute atomic E-state index is 12.3. The van der Waals surface area contributed by atoms with Crippen LogP contribution < -0.4 is 5.32 Å². The zero-order valence-corrected chi connectivity index (χ0v) is 15.1. The van der Waals surface area contributed by atoms with Crippen molar-refractivity contribution < 1.29 is 18.0 Å². The van der Waals surface area contributed by atoms with Crippen molar-refractivity contribution >= 4 is 49.9 Å². The lowest BCUT2D eigenvalue weighted by atomic mass is 10.2. The standard InChI is InChI=1S/C14H17IN2O4S/c1-2-17(12-7-8-22(20,21)9-12)14(19)13(18)16-11-5-3-10(15)4-6-11/h3-6,12H,2,7-9H2,1H3,(H,16,18). The van der Waals surface area contributed by atoms with Gasteiger partial charge >= 0.3 is 11.8 Å². The van der Waals surface area contributed by atoms with Crippen molar-refractivity contribution in [3.05, 3.63) is 27.8 Å². The number of nitrogens with zero attached hydrogens (tertiary/aromatic N) is 1. The molecule has 2 amide bonds. The Balaban J connectivity index is 2.05. The van der Waals surface area contributed by atoms with E-state index in [1.165, 1.54) is 4.90 Å². The minimum absolute atomic E-state index is 0.0661. The van der Waals surface area contributed by atoms with Crippen LogP contribution in [0.1, 0.15) is 13.3 Å². The second-order valence-corrected chi connectivity index (χ2v) is 8.58. The van der Waals surface area contributed by atoms with E-state index >= 15 is 0 Å².